The van der Waals surface area contributed by atoms with E-state index in [-0.39, 0.29) is 5.75 Å². The Bertz CT molecular complexity index is 1610. The molecular formula is C36H32O6. The van der Waals surface area contributed by atoms with Crippen LogP contribution in [-0.2, 0) is 26.2 Å². The zero-order valence-electron chi connectivity index (χ0n) is 23.1. The van der Waals surface area contributed by atoms with Gasteiger partial charge in [-0.25, -0.2) is 0 Å². The summed E-state index contributed by atoms with van der Waals surface area (Å²) in [7, 11) is 0. The molecule has 0 bridgehead atoms. The van der Waals surface area contributed by atoms with Crippen molar-refractivity contribution in [2.75, 3.05) is 0 Å². The number of phenolic OH excluding ortho intramolecular Hbond substituents is 1. The Morgan fingerprint density at radius 3 is 1.69 bits per heavy atom. The molecule has 0 fully saturated rings. The van der Waals surface area contributed by atoms with Crippen LogP contribution in [0.5, 0.6) is 28.7 Å². The van der Waals surface area contributed by atoms with Gasteiger partial charge in [0.05, 0.1) is 6.10 Å². The van der Waals surface area contributed by atoms with E-state index in [0.717, 1.165) is 27.8 Å². The van der Waals surface area contributed by atoms with Crippen LogP contribution in [0.3, 0.4) is 0 Å². The van der Waals surface area contributed by atoms with Crippen LogP contribution in [0.25, 0.3) is 0 Å². The predicted octanol–water partition coefficient (Wildman–Crippen LogP) is 7.17. The number of hydrogen-bond acceptors (Lipinski definition) is 6. The van der Waals surface area contributed by atoms with Crippen molar-refractivity contribution in [3.63, 3.8) is 0 Å². The van der Waals surface area contributed by atoms with Gasteiger partial charge in [-0.15, -0.1) is 0 Å². The normalized spacial score (nSPS) is 15.7. The highest BCUT2D eigenvalue weighted by atomic mass is 16.5. The Balaban J connectivity index is 1.24. The Hall–Kier alpha value is -4.94. The highest BCUT2D eigenvalue weighted by Crippen LogP contribution is 2.44. The Morgan fingerprint density at radius 1 is 0.595 bits per heavy atom. The Labute approximate surface area is 245 Å². The molecule has 0 amide bonds. The summed E-state index contributed by atoms with van der Waals surface area (Å²) in [6, 6.07) is 38.4. The van der Waals surface area contributed by atoms with Crippen LogP contribution in [0.15, 0.2) is 121 Å². The van der Waals surface area contributed by atoms with Crippen LogP contribution in [0.1, 0.15) is 33.9 Å². The lowest BCUT2D eigenvalue weighted by molar-refractivity contribution is 0.0193. The van der Waals surface area contributed by atoms with E-state index >= 15 is 0 Å². The van der Waals surface area contributed by atoms with Crippen molar-refractivity contribution in [1.29, 1.82) is 0 Å². The highest BCUT2D eigenvalue weighted by Gasteiger charge is 2.33. The van der Waals surface area contributed by atoms with E-state index in [1.807, 2.05) is 109 Å². The monoisotopic (exact) mass is 560 g/mol. The molecule has 0 unspecified atom stereocenters. The zero-order valence-corrected chi connectivity index (χ0v) is 23.1. The lowest BCUT2D eigenvalue weighted by Gasteiger charge is -2.32. The molecule has 6 heteroatoms. The summed E-state index contributed by atoms with van der Waals surface area (Å²) in [5.41, 5.74) is 4.53. The van der Waals surface area contributed by atoms with E-state index in [2.05, 4.69) is 0 Å². The molecule has 42 heavy (non-hydrogen) atoms. The third kappa shape index (κ3) is 6.51. The second-order valence-corrected chi connectivity index (χ2v) is 10.3. The largest absolute Gasteiger partial charge is 0.508 e. The third-order valence-electron chi connectivity index (χ3n) is 7.18. The summed E-state index contributed by atoms with van der Waals surface area (Å²) in [6.07, 6.45) is -1.22. The quantitative estimate of drug-likeness (QED) is 0.189. The molecule has 0 saturated heterocycles. The van der Waals surface area contributed by atoms with Gasteiger partial charge in [-0.1, -0.05) is 97.1 Å². The Morgan fingerprint density at radius 2 is 1.12 bits per heavy atom. The molecule has 1 heterocycles. The van der Waals surface area contributed by atoms with Crippen molar-refractivity contribution in [2.45, 2.75) is 38.4 Å². The maximum absolute atomic E-state index is 11.3. The van der Waals surface area contributed by atoms with E-state index < -0.39 is 12.2 Å². The molecule has 6 rings (SSSR count). The van der Waals surface area contributed by atoms with E-state index in [1.165, 1.54) is 0 Å². The molecule has 212 valence electrons. The second kappa shape index (κ2) is 12.7. The smallest absolute Gasteiger partial charge is 0.162 e. The summed E-state index contributed by atoms with van der Waals surface area (Å²) in [5, 5.41) is 21.7. The lowest BCUT2D eigenvalue weighted by Crippen LogP contribution is -2.30. The number of aliphatic hydroxyl groups is 1. The van der Waals surface area contributed by atoms with E-state index in [9.17, 15) is 10.2 Å². The van der Waals surface area contributed by atoms with Crippen molar-refractivity contribution >= 4 is 0 Å². The molecule has 0 spiro atoms. The Kier molecular flexibility index (Phi) is 8.24. The van der Waals surface area contributed by atoms with E-state index in [4.69, 9.17) is 18.9 Å². The molecule has 1 aliphatic rings. The van der Waals surface area contributed by atoms with Gasteiger partial charge in [-0.3, -0.25) is 0 Å². The van der Waals surface area contributed by atoms with Gasteiger partial charge in [0.15, 0.2) is 11.5 Å². The highest BCUT2D eigenvalue weighted by molar-refractivity contribution is 5.53. The number of ether oxygens (including phenoxy) is 4. The number of rotatable bonds is 10. The van der Waals surface area contributed by atoms with Crippen LogP contribution < -0.4 is 18.9 Å². The SMILES string of the molecule is Oc1cc(OCc2ccccc2)c2c(c1)O[C@H](c1ccc(OCc3ccccc3)c(OCc3ccccc3)c1)[C@@H](O)C2. The molecule has 0 aromatic heterocycles. The minimum atomic E-state index is -0.848. The van der Waals surface area contributed by atoms with E-state index in [0.29, 0.717) is 49.2 Å². The molecule has 5 aromatic carbocycles. The van der Waals surface area contributed by atoms with Crippen LogP contribution in [0.4, 0.5) is 0 Å². The second-order valence-electron chi connectivity index (χ2n) is 10.3. The van der Waals surface area contributed by atoms with Gasteiger partial charge in [-0.05, 0) is 34.4 Å². The van der Waals surface area contributed by atoms with Crippen LogP contribution in [0, 0.1) is 0 Å². The van der Waals surface area contributed by atoms with Crippen molar-refractivity contribution in [3.05, 3.63) is 149 Å². The molecule has 0 saturated carbocycles. The average molecular weight is 561 g/mol. The first-order chi connectivity index (χ1) is 20.6. The number of aliphatic hydroxyl groups excluding tert-OH is 1. The minimum Gasteiger partial charge on any atom is -0.508 e. The van der Waals surface area contributed by atoms with Gasteiger partial charge in [-0.2, -0.15) is 0 Å². The molecular weight excluding hydrogens is 528 g/mol. The van der Waals surface area contributed by atoms with Gasteiger partial charge < -0.3 is 29.2 Å². The maximum Gasteiger partial charge on any atom is 0.162 e. The number of phenols is 1. The maximum atomic E-state index is 11.3. The molecule has 2 atom stereocenters. The number of aromatic hydroxyl groups is 1. The number of fused-ring (bicyclic) bond motifs is 1. The molecule has 2 N–H and O–H groups in total. The van der Waals surface area contributed by atoms with Gasteiger partial charge in [0.1, 0.15) is 43.2 Å². The number of hydrogen-bond donors (Lipinski definition) is 2. The summed E-state index contributed by atoms with van der Waals surface area (Å²) >= 11 is 0. The van der Waals surface area contributed by atoms with Gasteiger partial charge >= 0.3 is 0 Å². The van der Waals surface area contributed by atoms with Gasteiger partial charge in [0.25, 0.3) is 0 Å². The first kappa shape index (κ1) is 27.2. The summed E-state index contributed by atoms with van der Waals surface area (Å²) in [5.74, 6) is 2.14. The van der Waals surface area contributed by atoms with Crippen LogP contribution in [0.2, 0.25) is 0 Å². The predicted molar refractivity (Wildman–Crippen MR) is 160 cm³/mol. The number of benzene rings is 5. The van der Waals surface area contributed by atoms with Crippen molar-refractivity contribution < 1.29 is 29.2 Å². The first-order valence-corrected chi connectivity index (χ1v) is 14.0. The third-order valence-corrected chi connectivity index (χ3v) is 7.18. The van der Waals surface area contributed by atoms with Crippen molar-refractivity contribution in [2.24, 2.45) is 0 Å². The molecule has 1 aliphatic heterocycles. The summed E-state index contributed by atoms with van der Waals surface area (Å²) < 4.78 is 24.7. The minimum absolute atomic E-state index is 0.0310. The molecule has 0 radical (unpaired) electrons. The molecule has 5 aromatic rings. The van der Waals surface area contributed by atoms with Crippen LogP contribution >= 0.6 is 0 Å². The first-order valence-electron chi connectivity index (χ1n) is 14.0. The lowest BCUT2D eigenvalue weighted by atomic mass is 9.93. The van der Waals surface area contributed by atoms with Gasteiger partial charge in [0.2, 0.25) is 0 Å². The zero-order chi connectivity index (χ0) is 28.7. The summed E-state index contributed by atoms with van der Waals surface area (Å²) in [6.45, 7) is 1.09. The molecule has 6 nitrogen and oxygen atoms in total. The van der Waals surface area contributed by atoms with E-state index in [1.54, 1.807) is 12.1 Å². The fraction of sp³-hybridized carbons (Fsp3) is 0.167. The standard InChI is InChI=1S/C36H32O6/c37-29-19-33(40-23-26-12-6-2-7-13-26)30-21-31(38)36(42-34(30)20-29)28-16-17-32(39-22-25-10-4-1-5-11-25)35(18-28)41-24-27-14-8-3-9-15-27/h1-20,31,36-38H,21-24H2/t31-,36+/m0/s1. The average Bonchev–Trinajstić information content (AvgIpc) is 3.03. The van der Waals surface area contributed by atoms with Crippen molar-refractivity contribution in [3.8, 4) is 28.7 Å². The van der Waals surface area contributed by atoms with Crippen molar-refractivity contribution in [1.82, 2.24) is 0 Å². The van der Waals surface area contributed by atoms with Gasteiger partial charge in [0, 0.05) is 24.1 Å². The fourth-order valence-corrected chi connectivity index (χ4v) is 5.00. The molecule has 0 aliphatic carbocycles. The van der Waals surface area contributed by atoms with Crippen LogP contribution in [-0.4, -0.2) is 16.3 Å². The topological polar surface area (TPSA) is 77.4 Å². The summed E-state index contributed by atoms with van der Waals surface area (Å²) in [4.78, 5) is 0. The fourth-order valence-electron chi connectivity index (χ4n) is 5.00.